The molecule has 2 aromatic rings. The number of imidazole rings is 1. The number of aliphatic hydroxyl groups is 1. The number of aliphatic hydroxyl groups excluding tert-OH is 1. The van der Waals surface area contributed by atoms with Crippen molar-refractivity contribution < 1.29 is 19.1 Å². The molecular weight excluding hydrogens is 473 g/mol. The molecule has 1 amide bonds. The Bertz CT molecular complexity index is 1130. The van der Waals surface area contributed by atoms with E-state index in [0.29, 0.717) is 36.2 Å². The lowest BCUT2D eigenvalue weighted by Gasteiger charge is -2.47. The van der Waals surface area contributed by atoms with Crippen molar-refractivity contribution in [1.82, 2.24) is 19.8 Å². The molecule has 2 fully saturated rings. The number of allylic oxidation sites excluding steroid dienone is 2. The van der Waals surface area contributed by atoms with Crippen LogP contribution in [0.1, 0.15) is 62.4 Å². The van der Waals surface area contributed by atoms with E-state index in [9.17, 15) is 19.1 Å². The highest BCUT2D eigenvalue weighted by Crippen LogP contribution is 2.30. The molecule has 1 aromatic carbocycles. The highest BCUT2D eigenvalue weighted by molar-refractivity contribution is 6.10. The number of likely N-dealkylation sites (N-methyl/N-ethyl adjacent to an activating group) is 1. The molecule has 1 aliphatic heterocycles. The van der Waals surface area contributed by atoms with Gasteiger partial charge in [-0.05, 0) is 81.1 Å². The molecule has 1 saturated heterocycles. The van der Waals surface area contributed by atoms with Crippen LogP contribution < -0.4 is 0 Å². The van der Waals surface area contributed by atoms with Gasteiger partial charge < -0.3 is 20.4 Å². The van der Waals surface area contributed by atoms with E-state index < -0.39 is 0 Å². The van der Waals surface area contributed by atoms with Crippen LogP contribution >= 0.6 is 0 Å². The minimum Gasteiger partial charge on any atom is -0.393 e. The molecule has 1 saturated carbocycles. The Balaban J connectivity index is 0.000000213. The number of H-pyrrole nitrogens is 1. The van der Waals surface area contributed by atoms with Crippen LogP contribution in [0.3, 0.4) is 0 Å². The maximum absolute atomic E-state index is 12.9. The van der Waals surface area contributed by atoms with E-state index in [-0.39, 0.29) is 40.9 Å². The van der Waals surface area contributed by atoms with Gasteiger partial charge in [-0.3, -0.25) is 14.5 Å². The number of carbonyl (C=O) groups is 2. The summed E-state index contributed by atoms with van der Waals surface area (Å²) in [4.78, 5) is 34.2. The van der Waals surface area contributed by atoms with Crippen LogP contribution in [-0.2, 0) is 4.79 Å². The zero-order valence-electron chi connectivity index (χ0n) is 22.3. The molecule has 1 aliphatic carbocycles. The number of halogens is 1. The number of nitrogens with one attached hydrogen (secondary N) is 2. The van der Waals surface area contributed by atoms with E-state index in [1.165, 1.54) is 18.3 Å². The Kier molecular flexibility index (Phi) is 9.15. The lowest BCUT2D eigenvalue weighted by molar-refractivity contribution is -0.146. The highest BCUT2D eigenvalue weighted by Gasteiger charge is 2.39. The number of aldehydes is 1. The van der Waals surface area contributed by atoms with Crippen molar-refractivity contribution in [3.8, 4) is 0 Å². The predicted molar refractivity (Wildman–Crippen MR) is 142 cm³/mol. The number of hydrogen-bond donors (Lipinski definition) is 3. The van der Waals surface area contributed by atoms with Crippen molar-refractivity contribution in [3.05, 3.63) is 59.4 Å². The van der Waals surface area contributed by atoms with E-state index in [1.54, 1.807) is 18.2 Å². The Hall–Kier alpha value is -3.17. The number of aromatic amines is 1. The van der Waals surface area contributed by atoms with Crippen LogP contribution in [0.4, 0.5) is 4.39 Å². The average Bonchev–Trinajstić information content (AvgIpc) is 3.31. The smallest absolute Gasteiger partial charge is 0.225 e. The zero-order chi connectivity index (χ0) is 27.3. The molecule has 8 nitrogen and oxygen atoms in total. The van der Waals surface area contributed by atoms with Crippen LogP contribution in [0, 0.1) is 23.1 Å². The van der Waals surface area contributed by atoms with Gasteiger partial charge in [-0.15, -0.1) is 0 Å². The molecule has 3 N–H and O–H groups in total. The second-order valence-corrected chi connectivity index (χ2v) is 10.8. The number of rotatable bonds is 6. The second-order valence-electron chi connectivity index (χ2n) is 10.8. The fraction of sp³-hybridized carbons (Fsp3) is 0.500. The Labute approximate surface area is 218 Å². The molecule has 37 heavy (non-hydrogen) atoms. The Morgan fingerprint density at radius 3 is 2.41 bits per heavy atom. The Morgan fingerprint density at radius 1 is 1.24 bits per heavy atom. The molecule has 0 bridgehead atoms. The third-order valence-electron chi connectivity index (χ3n) is 7.16. The van der Waals surface area contributed by atoms with Gasteiger partial charge in [0, 0.05) is 31.1 Å². The standard InChI is InChI=1S/C16H16FN3O.C12H22N2O2/c1-10(2)14(16-19-8-13(9-21)20-16)7-15(18)11-3-5-12(17)6-4-11;1-12(2)8-14(5-4-13(12)3)11(16)9-6-10(15)7-9/h3-10,18H,1-2H3,(H,19,20);9-10,15H,4-8H2,1-3H3/b14-7-,18-15?;. The monoisotopic (exact) mass is 511 g/mol. The van der Waals surface area contributed by atoms with Gasteiger partial charge >= 0.3 is 0 Å². The van der Waals surface area contributed by atoms with Crippen LogP contribution in [-0.4, -0.2) is 81.1 Å². The summed E-state index contributed by atoms with van der Waals surface area (Å²) < 4.78 is 12.9. The third-order valence-corrected chi connectivity index (χ3v) is 7.16. The molecular formula is C28H38FN5O3. The van der Waals surface area contributed by atoms with Gasteiger partial charge in [0.15, 0.2) is 6.29 Å². The van der Waals surface area contributed by atoms with Crippen molar-refractivity contribution in [3.63, 3.8) is 0 Å². The van der Waals surface area contributed by atoms with E-state index >= 15 is 0 Å². The van der Waals surface area contributed by atoms with Crippen molar-refractivity contribution in [2.75, 3.05) is 26.7 Å². The summed E-state index contributed by atoms with van der Waals surface area (Å²) in [6.07, 6.45) is 4.91. The van der Waals surface area contributed by atoms with Crippen molar-refractivity contribution >= 4 is 23.5 Å². The molecule has 1 aromatic heterocycles. The lowest BCUT2D eigenvalue weighted by Crippen LogP contribution is -2.60. The number of carbonyl (C=O) groups excluding carboxylic acids is 2. The van der Waals surface area contributed by atoms with Crippen molar-refractivity contribution in [2.24, 2.45) is 11.8 Å². The molecule has 4 rings (SSSR count). The summed E-state index contributed by atoms with van der Waals surface area (Å²) in [6.45, 7) is 10.9. The van der Waals surface area contributed by atoms with Gasteiger partial charge in [0.2, 0.25) is 5.91 Å². The van der Waals surface area contributed by atoms with Gasteiger partial charge in [-0.1, -0.05) is 13.8 Å². The summed E-state index contributed by atoms with van der Waals surface area (Å²) in [6, 6.07) is 5.77. The van der Waals surface area contributed by atoms with Crippen LogP contribution in [0.5, 0.6) is 0 Å². The average molecular weight is 512 g/mol. The first kappa shape index (κ1) is 28.4. The molecule has 0 unspecified atom stereocenters. The van der Waals surface area contributed by atoms with Gasteiger partial charge in [0.1, 0.15) is 11.6 Å². The summed E-state index contributed by atoms with van der Waals surface area (Å²) in [5.74, 6) is 0.678. The minimum absolute atomic E-state index is 0.0657. The number of amides is 1. The topological polar surface area (TPSA) is 113 Å². The first-order chi connectivity index (χ1) is 17.4. The maximum atomic E-state index is 12.9. The number of benzene rings is 1. The summed E-state index contributed by atoms with van der Waals surface area (Å²) in [5.41, 5.74) is 2.16. The predicted octanol–water partition coefficient (Wildman–Crippen LogP) is 3.78. The molecule has 2 aliphatic rings. The van der Waals surface area contributed by atoms with Crippen molar-refractivity contribution in [1.29, 1.82) is 5.41 Å². The molecule has 2 heterocycles. The van der Waals surface area contributed by atoms with Gasteiger partial charge in [-0.2, -0.15) is 0 Å². The highest BCUT2D eigenvalue weighted by atomic mass is 19.1. The van der Waals surface area contributed by atoms with Crippen LogP contribution in [0.2, 0.25) is 0 Å². The number of hydrogen-bond acceptors (Lipinski definition) is 6. The number of piperazine rings is 1. The largest absolute Gasteiger partial charge is 0.393 e. The number of aromatic nitrogens is 2. The first-order valence-corrected chi connectivity index (χ1v) is 12.7. The van der Waals surface area contributed by atoms with Gasteiger partial charge in [-0.25, -0.2) is 9.37 Å². The summed E-state index contributed by atoms with van der Waals surface area (Å²) >= 11 is 0. The molecule has 9 heteroatoms. The molecule has 0 atom stereocenters. The Morgan fingerprint density at radius 2 is 1.89 bits per heavy atom. The van der Waals surface area contributed by atoms with E-state index in [0.717, 1.165) is 25.2 Å². The zero-order valence-corrected chi connectivity index (χ0v) is 22.3. The summed E-state index contributed by atoms with van der Waals surface area (Å²) in [5, 5.41) is 17.3. The first-order valence-electron chi connectivity index (χ1n) is 12.7. The quantitative estimate of drug-likeness (QED) is 0.404. The normalized spacial score (nSPS) is 21.6. The van der Waals surface area contributed by atoms with Gasteiger partial charge in [0.05, 0.1) is 23.7 Å². The second kappa shape index (κ2) is 11.9. The van der Waals surface area contributed by atoms with Crippen LogP contribution in [0.15, 0.2) is 36.5 Å². The molecule has 0 spiro atoms. The third kappa shape index (κ3) is 7.20. The molecule has 0 radical (unpaired) electrons. The fourth-order valence-electron chi connectivity index (χ4n) is 4.39. The van der Waals surface area contributed by atoms with Crippen LogP contribution in [0.25, 0.3) is 5.57 Å². The van der Waals surface area contributed by atoms with E-state index in [1.807, 2.05) is 18.7 Å². The van der Waals surface area contributed by atoms with Gasteiger partial charge in [0.25, 0.3) is 0 Å². The minimum atomic E-state index is -0.332. The SMILES string of the molecule is CC(C)/C(=C/C(=N)c1ccc(F)cc1)c1ncc(C=O)[nH]1.CN1CCN(C(=O)C2CC(O)C2)CC1(C)C. The van der Waals surface area contributed by atoms with Crippen molar-refractivity contribution in [2.45, 2.75) is 52.2 Å². The van der Waals surface area contributed by atoms with E-state index in [2.05, 4.69) is 35.8 Å². The molecule has 200 valence electrons. The van der Waals surface area contributed by atoms with E-state index in [4.69, 9.17) is 5.41 Å². The maximum Gasteiger partial charge on any atom is 0.225 e. The summed E-state index contributed by atoms with van der Waals surface area (Å²) in [7, 11) is 2.11. The number of nitrogens with zero attached hydrogens (tertiary/aromatic N) is 3. The lowest BCUT2D eigenvalue weighted by atomic mass is 9.81. The fourth-order valence-corrected chi connectivity index (χ4v) is 4.39.